The molecule has 150 valence electrons. The molecular formula is C24H21N3O3. The summed E-state index contributed by atoms with van der Waals surface area (Å²) in [6.45, 7) is 4.34. The van der Waals surface area contributed by atoms with Crippen LogP contribution in [0.3, 0.4) is 0 Å². The quantitative estimate of drug-likeness (QED) is 0.500. The van der Waals surface area contributed by atoms with Crippen molar-refractivity contribution in [2.75, 3.05) is 6.61 Å². The Bertz CT molecular complexity index is 1290. The van der Waals surface area contributed by atoms with Crippen LogP contribution < -0.4 is 10.3 Å². The summed E-state index contributed by atoms with van der Waals surface area (Å²) in [6, 6.07) is 19.7. The van der Waals surface area contributed by atoms with Gasteiger partial charge in [0.2, 0.25) is 5.88 Å². The van der Waals surface area contributed by atoms with Gasteiger partial charge in [-0.05, 0) is 56.3 Å². The molecule has 0 unspecified atom stereocenters. The first kappa shape index (κ1) is 19.4. The highest BCUT2D eigenvalue weighted by Crippen LogP contribution is 2.27. The summed E-state index contributed by atoms with van der Waals surface area (Å²) in [6.07, 6.45) is 1.55. The second-order valence-corrected chi connectivity index (χ2v) is 6.75. The number of ether oxygens (including phenoxy) is 1. The lowest BCUT2D eigenvalue weighted by atomic mass is 10.1. The zero-order valence-corrected chi connectivity index (χ0v) is 16.7. The molecule has 2 heterocycles. The summed E-state index contributed by atoms with van der Waals surface area (Å²) >= 11 is 0. The molecule has 30 heavy (non-hydrogen) atoms. The molecule has 1 N–H and O–H groups in total. The molecule has 2 aromatic carbocycles. The molecule has 4 aromatic rings. The third kappa shape index (κ3) is 3.67. The van der Waals surface area contributed by atoms with E-state index in [0.717, 1.165) is 5.69 Å². The van der Waals surface area contributed by atoms with Crippen molar-refractivity contribution in [1.29, 1.82) is 0 Å². The number of rotatable bonds is 5. The van der Waals surface area contributed by atoms with E-state index in [4.69, 9.17) is 4.74 Å². The number of hydrogen-bond donors (Lipinski definition) is 1. The zero-order valence-electron chi connectivity index (χ0n) is 16.7. The van der Waals surface area contributed by atoms with E-state index in [9.17, 15) is 9.90 Å². The molecule has 0 spiro atoms. The summed E-state index contributed by atoms with van der Waals surface area (Å²) in [4.78, 5) is 21.9. The van der Waals surface area contributed by atoms with Crippen molar-refractivity contribution in [3.05, 3.63) is 88.3 Å². The van der Waals surface area contributed by atoms with Gasteiger partial charge in [-0.1, -0.05) is 24.3 Å². The fourth-order valence-corrected chi connectivity index (χ4v) is 3.32. The minimum absolute atomic E-state index is 0.181. The van der Waals surface area contributed by atoms with Crippen LogP contribution in [0, 0.1) is 6.92 Å². The van der Waals surface area contributed by atoms with Crippen molar-refractivity contribution in [3.63, 3.8) is 0 Å². The molecule has 0 aliphatic rings. The first-order valence-electron chi connectivity index (χ1n) is 9.66. The van der Waals surface area contributed by atoms with Crippen LogP contribution in [0.5, 0.6) is 11.6 Å². The third-order valence-corrected chi connectivity index (χ3v) is 4.71. The van der Waals surface area contributed by atoms with Crippen molar-refractivity contribution in [2.24, 2.45) is 4.99 Å². The lowest BCUT2D eigenvalue weighted by Gasteiger charge is -2.14. The fraction of sp³-hybridized carbons (Fsp3) is 0.125. The number of aromatic hydroxyl groups is 1. The van der Waals surface area contributed by atoms with Gasteiger partial charge in [0.25, 0.3) is 5.56 Å². The predicted octanol–water partition coefficient (Wildman–Crippen LogP) is 4.55. The zero-order chi connectivity index (χ0) is 21.1. The van der Waals surface area contributed by atoms with Crippen molar-refractivity contribution >= 4 is 22.8 Å². The van der Waals surface area contributed by atoms with Crippen LogP contribution in [0.1, 0.15) is 18.2 Å². The maximum Gasteiger partial charge on any atom is 0.265 e. The Balaban J connectivity index is 1.91. The molecule has 0 amide bonds. The highest BCUT2D eigenvalue weighted by atomic mass is 16.5. The van der Waals surface area contributed by atoms with Gasteiger partial charge in [0.1, 0.15) is 5.75 Å². The normalized spacial score (nSPS) is 11.3. The largest absolute Gasteiger partial charge is 0.494 e. The second-order valence-electron chi connectivity index (χ2n) is 6.75. The van der Waals surface area contributed by atoms with E-state index in [0.29, 0.717) is 40.2 Å². The van der Waals surface area contributed by atoms with Crippen LogP contribution >= 0.6 is 0 Å². The number of pyridine rings is 2. The van der Waals surface area contributed by atoms with Crippen molar-refractivity contribution in [1.82, 2.24) is 9.55 Å². The molecule has 0 fully saturated rings. The van der Waals surface area contributed by atoms with Gasteiger partial charge in [-0.15, -0.1) is 0 Å². The average Bonchev–Trinajstić information content (AvgIpc) is 2.75. The lowest BCUT2D eigenvalue weighted by Crippen LogP contribution is -2.20. The molecule has 0 radical (unpaired) electrons. The minimum Gasteiger partial charge on any atom is -0.494 e. The molecule has 6 heteroatoms. The fourth-order valence-electron chi connectivity index (χ4n) is 3.32. The molecule has 6 nitrogen and oxygen atoms in total. The van der Waals surface area contributed by atoms with Crippen LogP contribution in [-0.2, 0) is 0 Å². The second kappa shape index (κ2) is 8.21. The highest BCUT2D eigenvalue weighted by Gasteiger charge is 2.16. The molecule has 0 saturated heterocycles. The average molecular weight is 399 g/mol. The number of aromatic nitrogens is 2. The molecular weight excluding hydrogens is 378 g/mol. The van der Waals surface area contributed by atoms with Gasteiger partial charge in [0.05, 0.1) is 17.9 Å². The number of fused-ring (bicyclic) bond motifs is 1. The van der Waals surface area contributed by atoms with Crippen LogP contribution in [0.25, 0.3) is 16.5 Å². The Labute approximate surface area is 173 Å². The number of hydrogen-bond acceptors (Lipinski definition) is 5. The topological polar surface area (TPSA) is 76.7 Å². The van der Waals surface area contributed by atoms with Gasteiger partial charge >= 0.3 is 0 Å². The number of benzene rings is 2. The first-order valence-corrected chi connectivity index (χ1v) is 9.66. The van der Waals surface area contributed by atoms with Crippen molar-refractivity contribution in [2.45, 2.75) is 13.8 Å². The summed E-state index contributed by atoms with van der Waals surface area (Å²) in [7, 11) is 0. The van der Waals surface area contributed by atoms with E-state index in [1.54, 1.807) is 54.7 Å². The van der Waals surface area contributed by atoms with E-state index in [1.807, 2.05) is 32.0 Å². The van der Waals surface area contributed by atoms with E-state index in [2.05, 4.69) is 9.98 Å². The van der Waals surface area contributed by atoms with E-state index in [-0.39, 0.29) is 11.4 Å². The lowest BCUT2D eigenvalue weighted by molar-refractivity contribution is 0.340. The van der Waals surface area contributed by atoms with Gasteiger partial charge in [-0.3, -0.25) is 4.79 Å². The number of aliphatic imine (C=N–C) groups is 1. The molecule has 0 bridgehead atoms. The predicted molar refractivity (Wildman–Crippen MR) is 119 cm³/mol. The van der Waals surface area contributed by atoms with Crippen molar-refractivity contribution < 1.29 is 9.84 Å². The monoisotopic (exact) mass is 399 g/mol. The van der Waals surface area contributed by atoms with E-state index in [1.165, 1.54) is 4.57 Å². The van der Waals surface area contributed by atoms with Crippen LogP contribution in [0.2, 0.25) is 0 Å². The smallest absolute Gasteiger partial charge is 0.265 e. The Morgan fingerprint density at radius 3 is 2.47 bits per heavy atom. The van der Waals surface area contributed by atoms with E-state index >= 15 is 0 Å². The SMILES string of the molecule is CCOc1ccc(-n2c(O)c(/C=N/c3cccc(C)n3)c3ccccc3c2=O)cc1. The summed E-state index contributed by atoms with van der Waals surface area (Å²) in [5, 5.41) is 12.2. The Kier molecular flexibility index (Phi) is 5.30. The first-order chi connectivity index (χ1) is 14.6. The maximum atomic E-state index is 13.1. The molecule has 0 saturated carbocycles. The summed E-state index contributed by atoms with van der Waals surface area (Å²) in [5.74, 6) is 1.04. The maximum absolute atomic E-state index is 13.1. The third-order valence-electron chi connectivity index (χ3n) is 4.71. The minimum atomic E-state index is -0.307. The van der Waals surface area contributed by atoms with Gasteiger partial charge in [0.15, 0.2) is 5.82 Å². The van der Waals surface area contributed by atoms with Gasteiger partial charge in [0, 0.05) is 22.7 Å². The van der Waals surface area contributed by atoms with E-state index < -0.39 is 0 Å². The molecule has 0 aliphatic heterocycles. The van der Waals surface area contributed by atoms with Crippen LogP contribution in [0.4, 0.5) is 5.82 Å². The molecule has 2 aromatic heterocycles. The standard InChI is InChI=1S/C24H21N3O3/c1-3-30-18-13-11-17(12-14-18)27-23(28)20-9-5-4-8-19(20)21(24(27)29)15-25-22-10-6-7-16(2)26-22/h4-15,29H,3H2,1-2H3/b25-15+. The van der Waals surface area contributed by atoms with Gasteiger partial charge < -0.3 is 9.84 Å². The van der Waals surface area contributed by atoms with Crippen LogP contribution in [-0.4, -0.2) is 27.5 Å². The summed E-state index contributed by atoms with van der Waals surface area (Å²) in [5.41, 5.74) is 1.52. The Hall–Kier alpha value is -3.93. The summed E-state index contributed by atoms with van der Waals surface area (Å²) < 4.78 is 6.75. The van der Waals surface area contributed by atoms with Crippen molar-refractivity contribution in [3.8, 4) is 17.3 Å². The molecule has 4 rings (SSSR count). The number of nitrogens with zero attached hydrogens (tertiary/aromatic N) is 3. The Morgan fingerprint density at radius 2 is 1.77 bits per heavy atom. The highest BCUT2D eigenvalue weighted by molar-refractivity contribution is 6.02. The van der Waals surface area contributed by atoms with Crippen LogP contribution in [0.15, 0.2) is 76.5 Å². The van der Waals surface area contributed by atoms with Gasteiger partial charge in [-0.25, -0.2) is 14.5 Å². The number of aryl methyl sites for hydroxylation is 1. The Morgan fingerprint density at radius 1 is 1.03 bits per heavy atom. The molecule has 0 atom stereocenters. The van der Waals surface area contributed by atoms with Gasteiger partial charge in [-0.2, -0.15) is 0 Å². The molecule has 0 aliphatic carbocycles.